The maximum Gasteiger partial charge on any atom is 0.241 e. The minimum Gasteiger partial charge on any atom is -0.497 e. The molecule has 24 heavy (non-hydrogen) atoms. The van der Waals surface area contributed by atoms with Gasteiger partial charge >= 0.3 is 0 Å². The van der Waals surface area contributed by atoms with E-state index in [0.29, 0.717) is 6.04 Å². The lowest BCUT2D eigenvalue weighted by Gasteiger charge is -2.19. The molecule has 0 heterocycles. The molecule has 0 bridgehead atoms. The monoisotopic (exact) mass is 324 g/mol. The van der Waals surface area contributed by atoms with Gasteiger partial charge in [0.05, 0.1) is 7.11 Å². The van der Waals surface area contributed by atoms with E-state index in [1.54, 1.807) is 7.11 Å². The standard InChI is InChI=1S/C20H24N2O2/c1-24-18-9-5-6-15(14-18)12-13-21-19(16-7-3-2-4-8-16)20(23)22-17-10-11-17/h2-9,14,17,19,21H,10-13H2,1H3,(H,22,23). The number of hydrogen-bond acceptors (Lipinski definition) is 3. The van der Waals surface area contributed by atoms with E-state index in [1.807, 2.05) is 48.5 Å². The van der Waals surface area contributed by atoms with Gasteiger partial charge in [0, 0.05) is 12.6 Å². The van der Waals surface area contributed by atoms with Crippen molar-refractivity contribution in [2.24, 2.45) is 0 Å². The molecule has 4 heteroatoms. The van der Waals surface area contributed by atoms with Gasteiger partial charge in [0.15, 0.2) is 0 Å². The molecule has 4 nitrogen and oxygen atoms in total. The van der Waals surface area contributed by atoms with Crippen molar-refractivity contribution in [3.8, 4) is 5.75 Å². The van der Waals surface area contributed by atoms with Crippen LogP contribution in [0.25, 0.3) is 0 Å². The molecule has 1 saturated carbocycles. The summed E-state index contributed by atoms with van der Waals surface area (Å²) in [4.78, 5) is 12.5. The summed E-state index contributed by atoms with van der Waals surface area (Å²) in [7, 11) is 1.67. The van der Waals surface area contributed by atoms with E-state index < -0.39 is 0 Å². The van der Waals surface area contributed by atoms with Crippen LogP contribution in [0.5, 0.6) is 5.75 Å². The number of rotatable bonds is 8. The van der Waals surface area contributed by atoms with Gasteiger partial charge in [0.2, 0.25) is 5.91 Å². The number of nitrogens with one attached hydrogen (secondary N) is 2. The Hall–Kier alpha value is -2.33. The number of carbonyl (C=O) groups excluding carboxylic acids is 1. The Labute approximate surface area is 143 Å². The fourth-order valence-corrected chi connectivity index (χ4v) is 2.71. The molecule has 1 aliphatic carbocycles. The van der Waals surface area contributed by atoms with Crippen LogP contribution in [0.2, 0.25) is 0 Å². The summed E-state index contributed by atoms with van der Waals surface area (Å²) in [5.74, 6) is 0.924. The van der Waals surface area contributed by atoms with Crippen LogP contribution in [0.15, 0.2) is 54.6 Å². The number of hydrogen-bond donors (Lipinski definition) is 2. The molecule has 2 aromatic rings. The van der Waals surface area contributed by atoms with Crippen molar-refractivity contribution in [3.63, 3.8) is 0 Å². The predicted molar refractivity (Wildman–Crippen MR) is 95.0 cm³/mol. The van der Waals surface area contributed by atoms with Crippen molar-refractivity contribution >= 4 is 5.91 Å². The zero-order valence-electron chi connectivity index (χ0n) is 14.0. The number of benzene rings is 2. The third-order valence-corrected chi connectivity index (χ3v) is 4.22. The Morgan fingerprint density at radius 1 is 1.17 bits per heavy atom. The maximum absolute atomic E-state index is 12.5. The van der Waals surface area contributed by atoms with Gasteiger partial charge in [-0.3, -0.25) is 4.79 Å². The molecule has 126 valence electrons. The molecule has 2 N–H and O–H groups in total. The zero-order chi connectivity index (χ0) is 16.8. The van der Waals surface area contributed by atoms with E-state index in [2.05, 4.69) is 16.7 Å². The van der Waals surface area contributed by atoms with Crippen LogP contribution in [0.1, 0.15) is 30.0 Å². The van der Waals surface area contributed by atoms with Gasteiger partial charge < -0.3 is 15.4 Å². The van der Waals surface area contributed by atoms with Crippen molar-refractivity contribution < 1.29 is 9.53 Å². The van der Waals surface area contributed by atoms with Crippen molar-refractivity contribution in [1.82, 2.24) is 10.6 Å². The lowest BCUT2D eigenvalue weighted by atomic mass is 10.1. The van der Waals surface area contributed by atoms with Crippen LogP contribution < -0.4 is 15.4 Å². The predicted octanol–water partition coefficient (Wildman–Crippen LogP) is 2.85. The molecular weight excluding hydrogens is 300 g/mol. The van der Waals surface area contributed by atoms with Crippen LogP contribution in [0.4, 0.5) is 0 Å². The fraction of sp³-hybridized carbons (Fsp3) is 0.350. The van der Waals surface area contributed by atoms with Crippen molar-refractivity contribution in [3.05, 3.63) is 65.7 Å². The second kappa shape index (κ2) is 7.97. The Balaban J connectivity index is 1.61. The molecular formula is C20H24N2O2. The molecule has 2 aromatic carbocycles. The van der Waals surface area contributed by atoms with Crippen LogP contribution in [0.3, 0.4) is 0 Å². The minimum atomic E-state index is -0.308. The SMILES string of the molecule is COc1cccc(CCNC(C(=O)NC2CC2)c2ccccc2)c1. The van der Waals surface area contributed by atoms with Gasteiger partial charge in [0.1, 0.15) is 11.8 Å². The fourth-order valence-electron chi connectivity index (χ4n) is 2.71. The first kappa shape index (κ1) is 16.5. The van der Waals surface area contributed by atoms with Crippen LogP contribution in [-0.2, 0) is 11.2 Å². The first-order valence-corrected chi connectivity index (χ1v) is 8.48. The summed E-state index contributed by atoms with van der Waals surface area (Å²) < 4.78 is 5.26. The molecule has 0 spiro atoms. The van der Waals surface area contributed by atoms with Crippen LogP contribution in [-0.4, -0.2) is 25.6 Å². The largest absolute Gasteiger partial charge is 0.497 e. The van der Waals surface area contributed by atoms with Crippen molar-refractivity contribution in [2.75, 3.05) is 13.7 Å². The summed E-state index contributed by atoms with van der Waals surface area (Å²) in [6, 6.07) is 18.0. The van der Waals surface area contributed by atoms with Gasteiger partial charge in [-0.1, -0.05) is 42.5 Å². The molecule has 1 unspecified atom stereocenters. The minimum absolute atomic E-state index is 0.0642. The summed E-state index contributed by atoms with van der Waals surface area (Å²) in [5.41, 5.74) is 2.19. The molecule has 0 aliphatic heterocycles. The Kier molecular flexibility index (Phi) is 5.49. The van der Waals surface area contributed by atoms with Gasteiger partial charge in [-0.05, 0) is 42.5 Å². The second-order valence-corrected chi connectivity index (χ2v) is 6.18. The molecule has 1 amide bonds. The normalized spacial score (nSPS) is 14.9. The van der Waals surface area contributed by atoms with E-state index in [4.69, 9.17) is 4.74 Å². The lowest BCUT2D eigenvalue weighted by Crippen LogP contribution is -2.39. The van der Waals surface area contributed by atoms with E-state index >= 15 is 0 Å². The molecule has 3 rings (SSSR count). The third kappa shape index (κ3) is 4.59. The lowest BCUT2D eigenvalue weighted by molar-refractivity contribution is -0.123. The van der Waals surface area contributed by atoms with Crippen LogP contribution >= 0.6 is 0 Å². The highest BCUT2D eigenvalue weighted by molar-refractivity contribution is 5.83. The summed E-state index contributed by atoms with van der Waals surface area (Å²) in [6.45, 7) is 0.727. The second-order valence-electron chi connectivity index (χ2n) is 6.18. The van der Waals surface area contributed by atoms with Crippen molar-refractivity contribution in [2.45, 2.75) is 31.3 Å². The van der Waals surface area contributed by atoms with Gasteiger partial charge in [-0.25, -0.2) is 0 Å². The van der Waals surface area contributed by atoms with Gasteiger partial charge in [-0.15, -0.1) is 0 Å². The number of methoxy groups -OCH3 is 1. The molecule has 0 aromatic heterocycles. The molecule has 0 radical (unpaired) electrons. The summed E-state index contributed by atoms with van der Waals surface area (Å²) in [5, 5.41) is 6.50. The maximum atomic E-state index is 12.5. The first-order chi connectivity index (χ1) is 11.8. The number of ether oxygens (including phenoxy) is 1. The van der Waals surface area contributed by atoms with Gasteiger partial charge in [-0.2, -0.15) is 0 Å². The topological polar surface area (TPSA) is 50.4 Å². The average molecular weight is 324 g/mol. The van der Waals surface area contributed by atoms with Crippen molar-refractivity contribution in [1.29, 1.82) is 0 Å². The number of carbonyl (C=O) groups is 1. The highest BCUT2D eigenvalue weighted by atomic mass is 16.5. The Morgan fingerprint density at radius 3 is 2.67 bits per heavy atom. The smallest absolute Gasteiger partial charge is 0.241 e. The van der Waals surface area contributed by atoms with Gasteiger partial charge in [0.25, 0.3) is 0 Å². The summed E-state index contributed by atoms with van der Waals surface area (Å²) >= 11 is 0. The Morgan fingerprint density at radius 2 is 1.96 bits per heavy atom. The average Bonchev–Trinajstić information content (AvgIpc) is 3.43. The molecule has 0 saturated heterocycles. The third-order valence-electron chi connectivity index (χ3n) is 4.22. The Bertz CT molecular complexity index is 668. The van der Waals surface area contributed by atoms with E-state index in [9.17, 15) is 4.79 Å². The van der Waals surface area contributed by atoms with E-state index in [0.717, 1.165) is 37.1 Å². The van der Waals surface area contributed by atoms with E-state index in [1.165, 1.54) is 5.56 Å². The molecule has 1 aliphatic rings. The highest BCUT2D eigenvalue weighted by Crippen LogP contribution is 2.21. The number of amides is 1. The first-order valence-electron chi connectivity index (χ1n) is 8.48. The molecule has 1 fully saturated rings. The molecule has 1 atom stereocenters. The zero-order valence-corrected chi connectivity index (χ0v) is 14.0. The van der Waals surface area contributed by atoms with E-state index in [-0.39, 0.29) is 11.9 Å². The van der Waals surface area contributed by atoms with Crippen LogP contribution in [0, 0.1) is 0 Å². The quantitative estimate of drug-likeness (QED) is 0.785. The summed E-state index contributed by atoms with van der Waals surface area (Å²) in [6.07, 6.45) is 3.03. The highest BCUT2D eigenvalue weighted by Gasteiger charge is 2.27.